The number of hydrogen-bond acceptors (Lipinski definition) is 4. The van der Waals surface area contributed by atoms with Gasteiger partial charge in [0, 0.05) is 18.2 Å². The third kappa shape index (κ3) is 9.91. The molecule has 0 aliphatic carbocycles. The van der Waals surface area contributed by atoms with Gasteiger partial charge >= 0.3 is 0 Å². The first kappa shape index (κ1) is 21.1. The fourth-order valence-corrected chi connectivity index (χ4v) is 18.9. The average Bonchev–Trinajstić information content (AvgIpc) is 2.21. The highest BCUT2D eigenvalue weighted by Crippen LogP contribution is 2.49. The molecule has 0 aromatic heterocycles. The van der Waals surface area contributed by atoms with Crippen LogP contribution in [-0.2, 0) is 12.2 Å². The Kier molecular flexibility index (Phi) is 9.10. The molecule has 0 radical (unpaired) electrons. The zero-order valence-corrected chi connectivity index (χ0v) is 18.8. The van der Waals surface area contributed by atoms with E-state index >= 15 is 0 Å². The topological polar surface area (TPSA) is 35.5 Å². The third-order valence-corrected chi connectivity index (χ3v) is 16.6. The van der Waals surface area contributed by atoms with Crippen LogP contribution in [-0.4, -0.2) is 43.6 Å². The SMILES string of the molecule is CC[Si](=O)C[Si](C)(CCCS)OS(C)(C)O[Si](C)(C)C. The number of hydrogen-bond donors (Lipinski definition) is 1. The molecule has 0 heterocycles. The van der Waals surface area contributed by atoms with Crippen molar-refractivity contribution in [3.8, 4) is 0 Å². The summed E-state index contributed by atoms with van der Waals surface area (Å²) in [7, 11) is -6.60. The first-order chi connectivity index (χ1) is 8.93. The lowest BCUT2D eigenvalue weighted by molar-refractivity contribution is 0.497. The minimum atomic E-state index is -1.97. The highest BCUT2D eigenvalue weighted by molar-refractivity contribution is 8.26. The summed E-state index contributed by atoms with van der Waals surface area (Å²) in [5, 5.41) is 0. The Hall–Kier alpha value is 1.07. The highest BCUT2D eigenvalue weighted by atomic mass is 32.3. The molecule has 0 saturated carbocycles. The van der Waals surface area contributed by atoms with Crippen molar-refractivity contribution in [3.05, 3.63) is 0 Å². The molecule has 1 unspecified atom stereocenters. The average molecular weight is 373 g/mol. The smallest absolute Gasteiger partial charge is 0.275 e. The van der Waals surface area contributed by atoms with Gasteiger partial charge in [0.15, 0.2) is 0 Å². The normalized spacial score (nSPS) is 16.8. The molecular weight excluding hydrogens is 341 g/mol. The first-order valence-corrected chi connectivity index (χ1v) is 18.2. The van der Waals surface area contributed by atoms with Crippen molar-refractivity contribution in [2.24, 2.45) is 0 Å². The second-order valence-electron chi connectivity index (χ2n) is 6.77. The Labute approximate surface area is 136 Å². The second-order valence-corrected chi connectivity index (χ2v) is 21.7. The van der Waals surface area contributed by atoms with Gasteiger partial charge in [0.25, 0.3) is 8.68 Å². The monoisotopic (exact) mass is 372 g/mol. The Balaban J connectivity index is 4.90. The molecule has 3 nitrogen and oxygen atoms in total. The molecular formula is C12H32O3S2Si3. The molecule has 1 atom stereocenters. The quantitative estimate of drug-likeness (QED) is 0.449. The Morgan fingerprint density at radius 2 is 1.70 bits per heavy atom. The van der Waals surface area contributed by atoms with Gasteiger partial charge in [-0.25, -0.2) is 10.6 Å². The molecule has 0 aromatic rings. The summed E-state index contributed by atoms with van der Waals surface area (Å²) in [5.74, 6) is 0.865. The summed E-state index contributed by atoms with van der Waals surface area (Å²) in [6.45, 7) is 10.8. The van der Waals surface area contributed by atoms with Gasteiger partial charge in [0.2, 0.25) is 16.6 Å². The molecule has 0 rings (SSSR count). The molecule has 0 saturated heterocycles. The van der Waals surface area contributed by atoms with Crippen LogP contribution in [0.15, 0.2) is 0 Å². The lowest BCUT2D eigenvalue weighted by atomic mass is 10.6. The minimum Gasteiger partial charge on any atom is -0.389 e. The van der Waals surface area contributed by atoms with Gasteiger partial charge in [-0.15, -0.1) is 0 Å². The lowest BCUT2D eigenvalue weighted by Crippen LogP contribution is -2.40. The van der Waals surface area contributed by atoms with Crippen LogP contribution >= 0.6 is 23.2 Å². The van der Waals surface area contributed by atoms with Crippen LogP contribution in [0.2, 0.25) is 43.9 Å². The Morgan fingerprint density at radius 3 is 2.10 bits per heavy atom. The Morgan fingerprint density at radius 1 is 1.15 bits per heavy atom. The molecule has 0 bridgehead atoms. The van der Waals surface area contributed by atoms with E-state index in [1.165, 1.54) is 0 Å². The van der Waals surface area contributed by atoms with E-state index in [0.717, 1.165) is 29.9 Å². The number of thiol groups is 1. The summed E-state index contributed by atoms with van der Waals surface area (Å²) >= 11 is 4.31. The Bertz CT molecular complexity index is 322. The molecule has 0 fully saturated rings. The van der Waals surface area contributed by atoms with Crippen LogP contribution in [0, 0.1) is 0 Å². The van der Waals surface area contributed by atoms with Crippen molar-refractivity contribution in [3.63, 3.8) is 0 Å². The standard InChI is InChI=1S/C12H32O3S2Si3/c1-8-18(13)12-20(7,11-9-10-16)15-17(2,3)14-19(4,5)6/h16H,8-12H2,1-7H3. The van der Waals surface area contributed by atoms with Crippen molar-refractivity contribution < 1.29 is 12.2 Å². The van der Waals surface area contributed by atoms with E-state index in [1.54, 1.807) is 0 Å². The van der Waals surface area contributed by atoms with Crippen LogP contribution in [0.3, 0.4) is 0 Å². The summed E-state index contributed by atoms with van der Waals surface area (Å²) < 4.78 is 24.8. The summed E-state index contributed by atoms with van der Waals surface area (Å²) in [6.07, 6.45) is 5.20. The van der Waals surface area contributed by atoms with Crippen LogP contribution < -0.4 is 0 Å². The van der Waals surface area contributed by atoms with E-state index in [9.17, 15) is 4.46 Å². The summed E-state index contributed by atoms with van der Waals surface area (Å²) in [5.41, 5.74) is 0.785. The number of rotatable bonds is 10. The second kappa shape index (κ2) is 8.64. The molecule has 0 aliphatic heterocycles. The van der Waals surface area contributed by atoms with Gasteiger partial charge in [-0.2, -0.15) is 12.6 Å². The predicted molar refractivity (Wildman–Crippen MR) is 102 cm³/mol. The van der Waals surface area contributed by atoms with Crippen molar-refractivity contribution in [1.82, 2.24) is 0 Å². The zero-order valence-electron chi connectivity index (χ0n) is 14.1. The maximum absolute atomic E-state index is 12.1. The molecule has 0 aliphatic rings. The van der Waals surface area contributed by atoms with Crippen LogP contribution in [0.4, 0.5) is 0 Å². The maximum Gasteiger partial charge on any atom is 0.275 e. The fourth-order valence-electron chi connectivity index (χ4n) is 2.26. The van der Waals surface area contributed by atoms with E-state index in [0.29, 0.717) is 0 Å². The van der Waals surface area contributed by atoms with E-state index in [2.05, 4.69) is 51.3 Å². The highest BCUT2D eigenvalue weighted by Gasteiger charge is 2.37. The van der Waals surface area contributed by atoms with Gasteiger partial charge in [-0.1, -0.05) is 6.92 Å². The lowest BCUT2D eigenvalue weighted by Gasteiger charge is -2.46. The van der Waals surface area contributed by atoms with E-state index in [1.807, 2.05) is 6.92 Å². The third-order valence-electron chi connectivity index (χ3n) is 2.68. The molecule has 122 valence electrons. The van der Waals surface area contributed by atoms with Crippen molar-refractivity contribution in [2.45, 2.75) is 57.3 Å². The van der Waals surface area contributed by atoms with Gasteiger partial charge in [0.05, 0.1) is 0 Å². The van der Waals surface area contributed by atoms with Gasteiger partial charge in [-0.3, -0.25) is 0 Å². The van der Waals surface area contributed by atoms with E-state index < -0.39 is 35.9 Å². The van der Waals surface area contributed by atoms with E-state index in [4.69, 9.17) is 7.74 Å². The fraction of sp³-hybridized carbons (Fsp3) is 1.00. The molecule has 0 N–H and O–H groups in total. The van der Waals surface area contributed by atoms with Gasteiger partial charge in [0.1, 0.15) is 0 Å². The molecule has 20 heavy (non-hydrogen) atoms. The van der Waals surface area contributed by atoms with E-state index in [-0.39, 0.29) is 0 Å². The molecule has 0 spiro atoms. The zero-order chi connectivity index (χ0) is 16.0. The van der Waals surface area contributed by atoms with Gasteiger partial charge in [-0.05, 0) is 50.4 Å². The first-order valence-electron chi connectivity index (χ1n) is 7.20. The van der Waals surface area contributed by atoms with Crippen molar-refractivity contribution in [1.29, 1.82) is 0 Å². The van der Waals surface area contributed by atoms with Crippen molar-refractivity contribution in [2.75, 3.05) is 18.3 Å². The molecule has 0 aromatic carbocycles. The van der Waals surface area contributed by atoms with Crippen LogP contribution in [0.25, 0.3) is 0 Å². The van der Waals surface area contributed by atoms with Crippen molar-refractivity contribution >= 4 is 48.5 Å². The molecule has 0 amide bonds. The summed E-state index contributed by atoms with van der Waals surface area (Å²) in [6, 6.07) is 1.81. The predicted octanol–water partition coefficient (Wildman–Crippen LogP) is 4.63. The van der Waals surface area contributed by atoms with Crippen LogP contribution in [0.5, 0.6) is 0 Å². The molecule has 8 heteroatoms. The minimum absolute atomic E-state index is 0.780. The maximum atomic E-state index is 12.1. The van der Waals surface area contributed by atoms with Gasteiger partial charge < -0.3 is 12.2 Å². The van der Waals surface area contributed by atoms with Crippen LogP contribution in [0.1, 0.15) is 13.3 Å². The summed E-state index contributed by atoms with van der Waals surface area (Å²) in [4.78, 5) is 0. The largest absolute Gasteiger partial charge is 0.389 e.